The zero-order chi connectivity index (χ0) is 13.5. The number of hydrogen-bond donors (Lipinski definition) is 4. The van der Waals surface area contributed by atoms with Gasteiger partial charge in [0.2, 0.25) is 0 Å². The van der Waals surface area contributed by atoms with Gasteiger partial charge >= 0.3 is 12.0 Å². The van der Waals surface area contributed by atoms with Crippen molar-refractivity contribution in [2.45, 2.75) is 63.6 Å². The van der Waals surface area contributed by atoms with Crippen molar-refractivity contribution < 1.29 is 14.7 Å². The monoisotopic (exact) mass is 257 g/mol. The van der Waals surface area contributed by atoms with Crippen LogP contribution in [0.3, 0.4) is 0 Å². The summed E-state index contributed by atoms with van der Waals surface area (Å²) in [5.74, 6) is -1.00. The molecule has 2 unspecified atom stereocenters. The molecular weight excluding hydrogens is 234 g/mol. The summed E-state index contributed by atoms with van der Waals surface area (Å²) in [4.78, 5) is 22.6. The Kier molecular flexibility index (Phi) is 5.91. The van der Waals surface area contributed by atoms with Gasteiger partial charge in [-0.05, 0) is 19.3 Å². The molecule has 1 rings (SSSR count). The Hall–Kier alpha value is -1.30. The Morgan fingerprint density at radius 2 is 2.06 bits per heavy atom. The van der Waals surface area contributed by atoms with Gasteiger partial charge in [0.1, 0.15) is 6.04 Å². The zero-order valence-electron chi connectivity index (χ0n) is 10.8. The maximum Gasteiger partial charge on any atom is 0.326 e. The molecule has 0 aromatic carbocycles. The van der Waals surface area contributed by atoms with Crippen LogP contribution < -0.4 is 16.4 Å². The number of carbonyl (C=O) groups excluding carboxylic acids is 1. The third kappa shape index (κ3) is 4.52. The lowest BCUT2D eigenvalue weighted by Crippen LogP contribution is -2.54. The van der Waals surface area contributed by atoms with E-state index in [9.17, 15) is 9.59 Å². The van der Waals surface area contributed by atoms with Crippen molar-refractivity contribution in [2.75, 3.05) is 0 Å². The van der Waals surface area contributed by atoms with E-state index < -0.39 is 18.0 Å². The SMILES string of the molecule is CCC[C@@H](NC(=O)NC1CCCCC1N)C(=O)O. The number of urea groups is 1. The largest absolute Gasteiger partial charge is 0.480 e. The highest BCUT2D eigenvalue weighted by atomic mass is 16.4. The average molecular weight is 257 g/mol. The fourth-order valence-corrected chi connectivity index (χ4v) is 2.25. The van der Waals surface area contributed by atoms with Gasteiger partial charge in [0.05, 0.1) is 0 Å². The summed E-state index contributed by atoms with van der Waals surface area (Å²) in [5, 5.41) is 14.2. The first kappa shape index (κ1) is 14.8. The average Bonchev–Trinajstić information content (AvgIpc) is 2.31. The molecule has 3 atom stereocenters. The minimum absolute atomic E-state index is 0.0287. The highest BCUT2D eigenvalue weighted by Gasteiger charge is 2.25. The molecule has 6 heteroatoms. The molecule has 0 spiro atoms. The van der Waals surface area contributed by atoms with Gasteiger partial charge in [-0.25, -0.2) is 9.59 Å². The minimum Gasteiger partial charge on any atom is -0.480 e. The Morgan fingerprint density at radius 1 is 1.39 bits per heavy atom. The van der Waals surface area contributed by atoms with Crippen molar-refractivity contribution >= 4 is 12.0 Å². The maximum atomic E-state index is 11.7. The highest BCUT2D eigenvalue weighted by molar-refractivity contribution is 5.82. The smallest absolute Gasteiger partial charge is 0.326 e. The van der Waals surface area contributed by atoms with E-state index in [1.165, 1.54) is 0 Å². The number of aliphatic carboxylic acids is 1. The molecule has 2 amide bonds. The second-order valence-electron chi connectivity index (χ2n) is 4.85. The summed E-state index contributed by atoms with van der Waals surface area (Å²) in [6.07, 6.45) is 5.05. The first-order valence-corrected chi connectivity index (χ1v) is 6.60. The summed E-state index contributed by atoms with van der Waals surface area (Å²) >= 11 is 0. The molecule has 1 saturated carbocycles. The van der Waals surface area contributed by atoms with E-state index in [2.05, 4.69) is 10.6 Å². The molecule has 1 aliphatic carbocycles. The number of carbonyl (C=O) groups is 2. The number of rotatable bonds is 5. The Bertz CT molecular complexity index is 296. The van der Waals surface area contributed by atoms with Crippen LogP contribution in [0, 0.1) is 0 Å². The van der Waals surface area contributed by atoms with Crippen molar-refractivity contribution in [3.63, 3.8) is 0 Å². The zero-order valence-corrected chi connectivity index (χ0v) is 10.8. The molecule has 18 heavy (non-hydrogen) atoms. The van der Waals surface area contributed by atoms with E-state index in [0.29, 0.717) is 12.8 Å². The lowest BCUT2D eigenvalue weighted by molar-refractivity contribution is -0.139. The summed E-state index contributed by atoms with van der Waals surface area (Å²) in [5.41, 5.74) is 5.92. The predicted octanol–water partition coefficient (Wildman–Crippen LogP) is 0.809. The topological polar surface area (TPSA) is 104 Å². The normalized spacial score (nSPS) is 25.2. The van der Waals surface area contributed by atoms with Crippen molar-refractivity contribution in [2.24, 2.45) is 5.73 Å². The van der Waals surface area contributed by atoms with Gasteiger partial charge in [-0.2, -0.15) is 0 Å². The number of nitrogens with two attached hydrogens (primary N) is 1. The molecule has 0 aliphatic heterocycles. The molecule has 0 saturated heterocycles. The number of amides is 2. The molecule has 1 aliphatic rings. The lowest BCUT2D eigenvalue weighted by atomic mass is 9.91. The van der Waals surface area contributed by atoms with Crippen LogP contribution in [-0.4, -0.2) is 35.2 Å². The van der Waals surface area contributed by atoms with Gasteiger partial charge in [0.15, 0.2) is 0 Å². The van der Waals surface area contributed by atoms with Gasteiger partial charge in [0, 0.05) is 12.1 Å². The molecule has 1 fully saturated rings. The second kappa shape index (κ2) is 7.20. The number of hydrogen-bond acceptors (Lipinski definition) is 3. The van der Waals surface area contributed by atoms with Crippen LogP contribution in [-0.2, 0) is 4.79 Å². The van der Waals surface area contributed by atoms with E-state index in [0.717, 1.165) is 25.7 Å². The lowest BCUT2D eigenvalue weighted by Gasteiger charge is -2.29. The van der Waals surface area contributed by atoms with E-state index >= 15 is 0 Å². The van der Waals surface area contributed by atoms with Crippen LogP contribution in [0.2, 0.25) is 0 Å². The van der Waals surface area contributed by atoms with Crippen molar-refractivity contribution in [1.29, 1.82) is 0 Å². The quantitative estimate of drug-likeness (QED) is 0.585. The van der Waals surface area contributed by atoms with Crippen molar-refractivity contribution in [1.82, 2.24) is 10.6 Å². The molecule has 0 aromatic heterocycles. The van der Waals surface area contributed by atoms with Gasteiger partial charge in [0.25, 0.3) is 0 Å². The third-order valence-electron chi connectivity index (χ3n) is 3.32. The fraction of sp³-hybridized carbons (Fsp3) is 0.833. The molecule has 0 radical (unpaired) electrons. The van der Waals surface area contributed by atoms with Crippen LogP contribution >= 0.6 is 0 Å². The van der Waals surface area contributed by atoms with Crippen molar-refractivity contribution in [3.05, 3.63) is 0 Å². The number of carboxylic acid groups (broad SMARTS) is 1. The molecule has 0 heterocycles. The van der Waals surface area contributed by atoms with Crippen LogP contribution in [0.5, 0.6) is 0 Å². The summed E-state index contributed by atoms with van der Waals surface area (Å²) in [6, 6.07) is -1.33. The van der Waals surface area contributed by atoms with Crippen LogP contribution in [0.15, 0.2) is 0 Å². The molecule has 104 valence electrons. The Labute approximate surface area is 107 Å². The van der Waals surface area contributed by atoms with E-state index in [-0.39, 0.29) is 12.1 Å². The van der Waals surface area contributed by atoms with E-state index in [1.807, 2.05) is 6.92 Å². The van der Waals surface area contributed by atoms with Gasteiger partial charge in [-0.1, -0.05) is 26.2 Å². The van der Waals surface area contributed by atoms with Crippen molar-refractivity contribution in [3.8, 4) is 0 Å². The van der Waals surface area contributed by atoms with Crippen LogP contribution in [0.1, 0.15) is 45.4 Å². The van der Waals surface area contributed by atoms with Crippen LogP contribution in [0.4, 0.5) is 4.79 Å². The molecule has 5 N–H and O–H groups in total. The molecular formula is C12H23N3O3. The number of carboxylic acids is 1. The minimum atomic E-state index is -1.00. The molecule has 6 nitrogen and oxygen atoms in total. The van der Waals surface area contributed by atoms with Crippen LogP contribution in [0.25, 0.3) is 0 Å². The number of nitrogens with one attached hydrogen (secondary N) is 2. The highest BCUT2D eigenvalue weighted by Crippen LogP contribution is 2.16. The molecule has 0 bridgehead atoms. The van der Waals surface area contributed by atoms with E-state index in [4.69, 9.17) is 10.8 Å². The Balaban J connectivity index is 2.41. The fourth-order valence-electron chi connectivity index (χ4n) is 2.25. The van der Waals surface area contributed by atoms with Gasteiger partial charge in [-0.15, -0.1) is 0 Å². The maximum absolute atomic E-state index is 11.7. The predicted molar refractivity (Wildman–Crippen MR) is 68.2 cm³/mol. The van der Waals surface area contributed by atoms with Gasteiger partial charge in [-0.3, -0.25) is 0 Å². The molecule has 0 aromatic rings. The summed E-state index contributed by atoms with van der Waals surface area (Å²) < 4.78 is 0. The standard InChI is InChI=1S/C12H23N3O3/c1-2-5-10(11(16)17)15-12(18)14-9-7-4-3-6-8(9)13/h8-10H,2-7,13H2,1H3,(H,16,17)(H2,14,15,18)/t8?,9?,10-/m1/s1. The summed E-state index contributed by atoms with van der Waals surface area (Å²) in [6.45, 7) is 1.88. The first-order chi connectivity index (χ1) is 8.54. The summed E-state index contributed by atoms with van der Waals surface area (Å²) in [7, 11) is 0. The first-order valence-electron chi connectivity index (χ1n) is 6.60. The van der Waals surface area contributed by atoms with E-state index in [1.54, 1.807) is 0 Å². The Morgan fingerprint density at radius 3 is 2.61 bits per heavy atom. The van der Waals surface area contributed by atoms with Gasteiger partial charge < -0.3 is 21.5 Å². The second-order valence-corrected chi connectivity index (χ2v) is 4.85. The third-order valence-corrected chi connectivity index (χ3v) is 3.32.